The molecule has 5 nitrogen and oxygen atoms in total. The zero-order chi connectivity index (χ0) is 11.5. The Morgan fingerprint density at radius 3 is 2.56 bits per heavy atom. The van der Waals surface area contributed by atoms with Gasteiger partial charge in [-0.1, -0.05) is 12.1 Å². The molecule has 1 aromatic carbocycles. The van der Waals surface area contributed by atoms with Crippen LogP contribution < -0.4 is 34.3 Å². The predicted octanol–water partition coefficient (Wildman–Crippen LogP) is -2.41. The quantitative estimate of drug-likeness (QED) is 0.443. The van der Waals surface area contributed by atoms with Gasteiger partial charge in [0, 0.05) is 13.6 Å². The molecule has 0 aromatic heterocycles. The molecule has 0 heterocycles. The molecule has 0 unspecified atom stereocenters. The van der Waals surface area contributed by atoms with E-state index >= 15 is 0 Å². The standard InChI is InChI=1S/C9H13NO4S.Na/c1-10(15(11,12)13)7-8-4-3-5-9(6-8)14-2;/h3-6H,7H2,1-2H3,(H,11,12,13);/q;+1/p-1. The average Bonchev–Trinajstić information content (AvgIpc) is 2.16. The van der Waals surface area contributed by atoms with Gasteiger partial charge in [0.05, 0.1) is 7.11 Å². The normalized spacial score (nSPS) is 11.0. The van der Waals surface area contributed by atoms with Gasteiger partial charge in [-0.25, -0.2) is 12.7 Å². The minimum atomic E-state index is -4.38. The molecule has 0 spiro atoms. The molecule has 0 atom stereocenters. The average molecular weight is 253 g/mol. The number of hydrogen-bond acceptors (Lipinski definition) is 4. The van der Waals surface area contributed by atoms with Gasteiger partial charge in [0.15, 0.2) is 10.3 Å². The Bertz CT molecular complexity index is 435. The van der Waals surface area contributed by atoms with Gasteiger partial charge < -0.3 is 9.29 Å². The van der Waals surface area contributed by atoms with Crippen LogP contribution in [0.3, 0.4) is 0 Å². The first kappa shape index (κ1) is 15.9. The van der Waals surface area contributed by atoms with E-state index in [1.54, 1.807) is 24.3 Å². The third kappa shape index (κ3) is 4.82. The van der Waals surface area contributed by atoms with Gasteiger partial charge in [0.1, 0.15) is 5.75 Å². The molecule has 7 heteroatoms. The molecule has 16 heavy (non-hydrogen) atoms. The van der Waals surface area contributed by atoms with Gasteiger partial charge in [-0.15, -0.1) is 0 Å². The third-order valence-electron chi connectivity index (χ3n) is 1.92. The summed E-state index contributed by atoms with van der Waals surface area (Å²) in [5.74, 6) is 0.629. The van der Waals surface area contributed by atoms with Crippen molar-refractivity contribution in [2.24, 2.45) is 0 Å². The van der Waals surface area contributed by atoms with Crippen LogP contribution in [0.5, 0.6) is 5.75 Å². The van der Waals surface area contributed by atoms with Crippen molar-refractivity contribution in [3.8, 4) is 5.75 Å². The zero-order valence-electron chi connectivity index (χ0n) is 9.50. The summed E-state index contributed by atoms with van der Waals surface area (Å²) >= 11 is 0. The molecule has 0 fully saturated rings. The monoisotopic (exact) mass is 253 g/mol. The van der Waals surface area contributed by atoms with Crippen molar-refractivity contribution < 1.29 is 47.3 Å². The second-order valence-electron chi connectivity index (χ2n) is 3.07. The van der Waals surface area contributed by atoms with E-state index in [0.717, 1.165) is 4.31 Å². The van der Waals surface area contributed by atoms with Crippen LogP contribution in [0.15, 0.2) is 24.3 Å². The molecule has 0 saturated carbocycles. The molecular formula is C9H12NNaO4S. The maximum absolute atomic E-state index is 10.6. The van der Waals surface area contributed by atoms with E-state index in [2.05, 4.69) is 0 Å². The van der Waals surface area contributed by atoms with Gasteiger partial charge in [-0.3, -0.25) is 0 Å². The molecular weight excluding hydrogens is 241 g/mol. The molecule has 0 bridgehead atoms. The van der Waals surface area contributed by atoms with Crippen molar-refractivity contribution >= 4 is 10.3 Å². The predicted molar refractivity (Wildman–Crippen MR) is 54.2 cm³/mol. The van der Waals surface area contributed by atoms with Crippen molar-refractivity contribution in [2.75, 3.05) is 14.2 Å². The Morgan fingerprint density at radius 1 is 1.44 bits per heavy atom. The number of nitrogens with zero attached hydrogens (tertiary/aromatic N) is 1. The first-order valence-corrected chi connectivity index (χ1v) is 5.60. The summed E-state index contributed by atoms with van der Waals surface area (Å²) in [6.45, 7) is 0.0447. The van der Waals surface area contributed by atoms with Gasteiger partial charge in [-0.2, -0.15) is 0 Å². The van der Waals surface area contributed by atoms with Crippen molar-refractivity contribution in [3.05, 3.63) is 29.8 Å². The summed E-state index contributed by atoms with van der Waals surface area (Å²) in [5.41, 5.74) is 0.705. The Kier molecular flexibility index (Phi) is 6.54. The van der Waals surface area contributed by atoms with E-state index in [9.17, 15) is 13.0 Å². The molecule has 84 valence electrons. The Morgan fingerprint density at radius 2 is 2.06 bits per heavy atom. The topological polar surface area (TPSA) is 69.7 Å². The summed E-state index contributed by atoms with van der Waals surface area (Å²) < 4.78 is 37.6. The van der Waals surface area contributed by atoms with Crippen LogP contribution in [0, 0.1) is 0 Å². The molecule has 0 N–H and O–H groups in total. The zero-order valence-corrected chi connectivity index (χ0v) is 12.3. The molecule has 0 saturated heterocycles. The summed E-state index contributed by atoms with van der Waals surface area (Å²) in [6, 6.07) is 6.89. The fourth-order valence-electron chi connectivity index (χ4n) is 1.11. The van der Waals surface area contributed by atoms with E-state index in [0.29, 0.717) is 11.3 Å². The van der Waals surface area contributed by atoms with Gasteiger partial charge >= 0.3 is 29.6 Å². The van der Waals surface area contributed by atoms with Crippen molar-refractivity contribution in [1.29, 1.82) is 0 Å². The SMILES string of the molecule is COc1cccc(CN(C)S(=O)(=O)[O-])c1.[Na+]. The largest absolute Gasteiger partial charge is 1.00 e. The van der Waals surface area contributed by atoms with Gasteiger partial charge in [-0.05, 0) is 17.7 Å². The van der Waals surface area contributed by atoms with E-state index < -0.39 is 10.3 Å². The fraction of sp³-hybridized carbons (Fsp3) is 0.333. The molecule has 1 rings (SSSR count). The third-order valence-corrected chi connectivity index (χ3v) is 2.81. The molecule has 0 aliphatic carbocycles. The van der Waals surface area contributed by atoms with Crippen molar-refractivity contribution in [1.82, 2.24) is 4.31 Å². The number of rotatable bonds is 4. The van der Waals surface area contributed by atoms with E-state index in [4.69, 9.17) is 4.74 Å². The smallest absolute Gasteiger partial charge is 0.735 e. The molecule has 0 aliphatic rings. The van der Waals surface area contributed by atoms with E-state index in [1.807, 2.05) is 0 Å². The molecule has 1 aromatic rings. The second kappa shape index (κ2) is 6.58. The van der Waals surface area contributed by atoms with Crippen LogP contribution in [0.2, 0.25) is 0 Å². The number of benzene rings is 1. The van der Waals surface area contributed by atoms with Crippen LogP contribution in [-0.2, 0) is 16.8 Å². The maximum atomic E-state index is 10.6. The summed E-state index contributed by atoms with van der Waals surface area (Å²) in [4.78, 5) is 0. The van der Waals surface area contributed by atoms with Crippen LogP contribution in [0.4, 0.5) is 0 Å². The number of hydrogen-bond donors (Lipinski definition) is 0. The van der Waals surface area contributed by atoms with Crippen LogP contribution in [0.1, 0.15) is 5.56 Å². The second-order valence-corrected chi connectivity index (χ2v) is 4.54. The summed E-state index contributed by atoms with van der Waals surface area (Å²) in [7, 11) is -1.62. The molecule has 0 aliphatic heterocycles. The first-order valence-electron chi connectivity index (χ1n) is 4.23. The van der Waals surface area contributed by atoms with Crippen LogP contribution >= 0.6 is 0 Å². The van der Waals surface area contributed by atoms with Crippen LogP contribution in [-0.4, -0.2) is 31.4 Å². The molecule has 0 amide bonds. The van der Waals surface area contributed by atoms with Crippen LogP contribution in [0.25, 0.3) is 0 Å². The van der Waals surface area contributed by atoms with Crippen molar-refractivity contribution in [2.45, 2.75) is 6.54 Å². The van der Waals surface area contributed by atoms with E-state index in [1.165, 1.54) is 14.2 Å². The summed E-state index contributed by atoms with van der Waals surface area (Å²) in [6.07, 6.45) is 0. The number of ether oxygens (including phenoxy) is 1. The minimum Gasteiger partial charge on any atom is -0.735 e. The van der Waals surface area contributed by atoms with Gasteiger partial charge in [0.25, 0.3) is 0 Å². The minimum absolute atomic E-state index is 0. The Balaban J connectivity index is 0.00000225. The molecule has 0 radical (unpaired) electrons. The number of methoxy groups -OCH3 is 1. The first-order chi connectivity index (χ1) is 6.93. The maximum Gasteiger partial charge on any atom is 1.00 e. The van der Waals surface area contributed by atoms with E-state index in [-0.39, 0.29) is 36.1 Å². The summed E-state index contributed by atoms with van der Waals surface area (Å²) in [5, 5.41) is 0. The van der Waals surface area contributed by atoms with Gasteiger partial charge in [0.2, 0.25) is 0 Å². The van der Waals surface area contributed by atoms with Crippen molar-refractivity contribution in [3.63, 3.8) is 0 Å². The Labute approximate surface area is 118 Å². The fourth-order valence-corrected chi connectivity index (χ4v) is 1.41. The Hall–Kier alpha value is -0.110.